The molecule has 0 atom stereocenters. The number of nitrogens with one attached hydrogen (secondary N) is 2. The van der Waals surface area contributed by atoms with Crippen molar-refractivity contribution in [2.45, 2.75) is 20.8 Å². The van der Waals surface area contributed by atoms with E-state index in [0.717, 1.165) is 0 Å². The lowest BCUT2D eigenvalue weighted by atomic mass is 10.1. The van der Waals surface area contributed by atoms with E-state index in [-0.39, 0.29) is 30.1 Å². The van der Waals surface area contributed by atoms with Crippen LogP contribution in [0.25, 0.3) is 0 Å². The summed E-state index contributed by atoms with van der Waals surface area (Å²) in [4.78, 5) is 35.7. The van der Waals surface area contributed by atoms with E-state index in [4.69, 9.17) is 4.74 Å². The Hall–Kier alpha value is -3.35. The Morgan fingerprint density at radius 3 is 2.07 bits per heavy atom. The van der Waals surface area contributed by atoms with E-state index in [1.807, 2.05) is 0 Å². The highest BCUT2D eigenvalue weighted by Crippen LogP contribution is 2.23. The quantitative estimate of drug-likeness (QED) is 0.590. The van der Waals surface area contributed by atoms with E-state index in [0.29, 0.717) is 16.9 Å². The van der Waals surface area contributed by atoms with Crippen LogP contribution in [0.4, 0.5) is 16.2 Å². The number of rotatable bonds is 6. The standard InChI is InChI=1S/C20H22N2O5/c1-4-26-20(25)27-15-11-9-14(10-12-15)19(24)22-17-8-6-5-7-16(17)21-18(23)13(2)3/h5-13H,4H2,1-3H3,(H,21,23)(H,22,24). The molecule has 2 amide bonds. The Labute approximate surface area is 157 Å². The van der Waals surface area contributed by atoms with Crippen molar-refractivity contribution in [1.82, 2.24) is 0 Å². The molecule has 7 nitrogen and oxygen atoms in total. The maximum Gasteiger partial charge on any atom is 0.513 e. The topological polar surface area (TPSA) is 93.7 Å². The third-order valence-electron chi connectivity index (χ3n) is 3.54. The van der Waals surface area contributed by atoms with Crippen molar-refractivity contribution in [3.8, 4) is 5.75 Å². The fourth-order valence-electron chi connectivity index (χ4n) is 2.09. The van der Waals surface area contributed by atoms with Crippen LogP contribution in [0.2, 0.25) is 0 Å². The summed E-state index contributed by atoms with van der Waals surface area (Å²) in [7, 11) is 0. The van der Waals surface area contributed by atoms with E-state index >= 15 is 0 Å². The average molecular weight is 370 g/mol. The SMILES string of the molecule is CCOC(=O)Oc1ccc(C(=O)Nc2ccccc2NC(=O)C(C)C)cc1. The highest BCUT2D eigenvalue weighted by atomic mass is 16.7. The summed E-state index contributed by atoms with van der Waals surface area (Å²) >= 11 is 0. The number of carbonyl (C=O) groups excluding carboxylic acids is 3. The van der Waals surface area contributed by atoms with E-state index in [1.54, 1.807) is 45.0 Å². The first kappa shape index (κ1) is 20.0. The van der Waals surface area contributed by atoms with Gasteiger partial charge in [0.15, 0.2) is 0 Å². The summed E-state index contributed by atoms with van der Waals surface area (Å²) in [5, 5.41) is 5.55. The van der Waals surface area contributed by atoms with Gasteiger partial charge >= 0.3 is 6.16 Å². The van der Waals surface area contributed by atoms with Gasteiger partial charge in [0.1, 0.15) is 5.75 Å². The largest absolute Gasteiger partial charge is 0.513 e. The molecule has 2 aromatic carbocycles. The summed E-state index contributed by atoms with van der Waals surface area (Å²) < 4.78 is 9.64. The Bertz CT molecular complexity index is 815. The predicted molar refractivity (Wildman–Crippen MR) is 102 cm³/mol. The number of hydrogen-bond acceptors (Lipinski definition) is 5. The van der Waals surface area contributed by atoms with Gasteiger partial charge in [0.2, 0.25) is 5.91 Å². The molecule has 0 bridgehead atoms. The molecule has 0 saturated heterocycles. The molecule has 0 saturated carbocycles. The number of hydrogen-bond donors (Lipinski definition) is 2. The van der Waals surface area contributed by atoms with Crippen LogP contribution in [0, 0.1) is 5.92 Å². The number of carbonyl (C=O) groups is 3. The third-order valence-corrected chi connectivity index (χ3v) is 3.54. The molecule has 2 N–H and O–H groups in total. The molecule has 0 aliphatic carbocycles. The summed E-state index contributed by atoms with van der Waals surface area (Å²) in [6.07, 6.45) is -0.801. The lowest BCUT2D eigenvalue weighted by Gasteiger charge is -2.13. The highest BCUT2D eigenvalue weighted by Gasteiger charge is 2.13. The van der Waals surface area contributed by atoms with Crippen LogP contribution in [0.1, 0.15) is 31.1 Å². The van der Waals surface area contributed by atoms with E-state index in [2.05, 4.69) is 15.4 Å². The van der Waals surface area contributed by atoms with Gasteiger partial charge in [0.05, 0.1) is 18.0 Å². The number of anilines is 2. The molecule has 0 heterocycles. The number of benzene rings is 2. The van der Waals surface area contributed by atoms with Gasteiger partial charge in [-0.1, -0.05) is 26.0 Å². The molecule has 27 heavy (non-hydrogen) atoms. The van der Waals surface area contributed by atoms with Crippen LogP contribution in [-0.2, 0) is 9.53 Å². The second kappa shape index (κ2) is 9.38. The Balaban J connectivity index is 2.07. The lowest BCUT2D eigenvalue weighted by molar-refractivity contribution is -0.118. The zero-order valence-corrected chi connectivity index (χ0v) is 15.4. The maximum absolute atomic E-state index is 12.5. The van der Waals surface area contributed by atoms with Gasteiger partial charge in [-0.2, -0.15) is 0 Å². The van der Waals surface area contributed by atoms with Crippen molar-refractivity contribution in [2.75, 3.05) is 17.2 Å². The fourth-order valence-corrected chi connectivity index (χ4v) is 2.09. The molecule has 0 unspecified atom stereocenters. The van der Waals surface area contributed by atoms with Gasteiger partial charge in [-0.25, -0.2) is 4.79 Å². The summed E-state index contributed by atoms with van der Waals surface area (Å²) in [6.45, 7) is 5.47. The third kappa shape index (κ3) is 5.85. The van der Waals surface area contributed by atoms with Crippen LogP contribution in [0.5, 0.6) is 5.75 Å². The van der Waals surface area contributed by atoms with Crippen molar-refractivity contribution in [3.63, 3.8) is 0 Å². The molecule has 0 aliphatic rings. The maximum atomic E-state index is 12.5. The highest BCUT2D eigenvalue weighted by molar-refractivity contribution is 6.07. The van der Waals surface area contributed by atoms with Crippen LogP contribution in [0.3, 0.4) is 0 Å². The summed E-state index contributed by atoms with van der Waals surface area (Å²) in [5.74, 6) is -0.406. The van der Waals surface area contributed by atoms with Gasteiger partial charge in [0.25, 0.3) is 5.91 Å². The molecule has 2 aromatic rings. The van der Waals surface area contributed by atoms with Gasteiger partial charge in [-0.05, 0) is 43.3 Å². The van der Waals surface area contributed by atoms with Crippen LogP contribution in [0.15, 0.2) is 48.5 Å². The first-order valence-corrected chi connectivity index (χ1v) is 8.56. The molecule has 2 rings (SSSR count). The van der Waals surface area contributed by atoms with Crippen molar-refractivity contribution in [1.29, 1.82) is 0 Å². The second-order valence-electron chi connectivity index (χ2n) is 5.95. The molecule has 7 heteroatoms. The van der Waals surface area contributed by atoms with E-state index in [9.17, 15) is 14.4 Å². The minimum absolute atomic E-state index is 0.142. The minimum atomic E-state index is -0.801. The smallest absolute Gasteiger partial charge is 0.434 e. The van der Waals surface area contributed by atoms with E-state index < -0.39 is 6.16 Å². The number of ether oxygens (including phenoxy) is 2. The first-order chi connectivity index (χ1) is 12.9. The zero-order valence-electron chi connectivity index (χ0n) is 15.4. The molecular formula is C20H22N2O5. The van der Waals surface area contributed by atoms with Crippen LogP contribution >= 0.6 is 0 Å². The molecule has 0 radical (unpaired) electrons. The fraction of sp³-hybridized carbons (Fsp3) is 0.250. The summed E-state index contributed by atoms with van der Waals surface area (Å²) in [5.41, 5.74) is 1.38. The molecule has 0 aromatic heterocycles. The van der Waals surface area contributed by atoms with Gasteiger partial charge in [0, 0.05) is 11.5 Å². The minimum Gasteiger partial charge on any atom is -0.434 e. The Kier molecular flexibility index (Phi) is 6.93. The molecule has 0 fully saturated rings. The van der Waals surface area contributed by atoms with Crippen molar-refractivity contribution < 1.29 is 23.9 Å². The average Bonchev–Trinajstić information content (AvgIpc) is 2.64. The number of para-hydroxylation sites is 2. The monoisotopic (exact) mass is 370 g/mol. The lowest BCUT2D eigenvalue weighted by Crippen LogP contribution is -2.20. The number of amides is 2. The van der Waals surface area contributed by atoms with Crippen molar-refractivity contribution in [3.05, 3.63) is 54.1 Å². The van der Waals surface area contributed by atoms with Crippen molar-refractivity contribution in [2.24, 2.45) is 5.92 Å². The van der Waals surface area contributed by atoms with Gasteiger partial charge in [-0.3, -0.25) is 9.59 Å². The molecular weight excluding hydrogens is 348 g/mol. The Morgan fingerprint density at radius 1 is 0.926 bits per heavy atom. The Morgan fingerprint density at radius 2 is 1.52 bits per heavy atom. The van der Waals surface area contributed by atoms with E-state index in [1.165, 1.54) is 24.3 Å². The van der Waals surface area contributed by atoms with Crippen LogP contribution < -0.4 is 15.4 Å². The van der Waals surface area contributed by atoms with Gasteiger partial charge < -0.3 is 20.1 Å². The zero-order chi connectivity index (χ0) is 19.8. The molecule has 0 spiro atoms. The molecule has 142 valence electrons. The summed E-state index contributed by atoms with van der Waals surface area (Å²) in [6, 6.07) is 13.0. The molecule has 0 aliphatic heterocycles. The normalized spacial score (nSPS) is 10.2. The predicted octanol–water partition coefficient (Wildman–Crippen LogP) is 4.07. The van der Waals surface area contributed by atoms with Crippen LogP contribution in [-0.4, -0.2) is 24.6 Å². The second-order valence-corrected chi connectivity index (χ2v) is 5.95. The van der Waals surface area contributed by atoms with Gasteiger partial charge in [-0.15, -0.1) is 0 Å². The first-order valence-electron chi connectivity index (χ1n) is 8.56. The van der Waals surface area contributed by atoms with Crippen molar-refractivity contribution >= 4 is 29.3 Å².